The van der Waals surface area contributed by atoms with Gasteiger partial charge in [-0.2, -0.15) is 0 Å². The highest BCUT2D eigenvalue weighted by atomic mass is 16.4. The molecule has 0 saturated carbocycles. The molecule has 0 fully saturated rings. The van der Waals surface area contributed by atoms with E-state index < -0.39 is 5.97 Å². The van der Waals surface area contributed by atoms with Gasteiger partial charge in [-0.05, 0) is 23.6 Å². The van der Waals surface area contributed by atoms with Crippen LogP contribution < -0.4 is 5.32 Å². The van der Waals surface area contributed by atoms with Gasteiger partial charge in [0.1, 0.15) is 0 Å². The molecule has 0 radical (unpaired) electrons. The van der Waals surface area contributed by atoms with Crippen LogP contribution in [0.25, 0.3) is 0 Å². The van der Waals surface area contributed by atoms with Gasteiger partial charge >= 0.3 is 12.0 Å². The van der Waals surface area contributed by atoms with Gasteiger partial charge in [-0.3, -0.25) is 4.79 Å². The summed E-state index contributed by atoms with van der Waals surface area (Å²) in [5, 5.41) is 11.3. The molecule has 0 aromatic heterocycles. The highest BCUT2D eigenvalue weighted by molar-refractivity contribution is 5.89. The standard InChI is InChI=1S/C14H20N2O3/c1-10(2)11-4-6-12(7-5-11)15-14(19)16(3)9-8-13(17)18/h4-7,10H,8-9H2,1-3H3,(H,15,19)(H,17,18). The van der Waals surface area contributed by atoms with Crippen molar-refractivity contribution in [3.8, 4) is 0 Å². The molecule has 5 nitrogen and oxygen atoms in total. The second-order valence-electron chi connectivity index (χ2n) is 4.77. The molecule has 1 aromatic rings. The molecule has 104 valence electrons. The molecule has 0 atom stereocenters. The van der Waals surface area contributed by atoms with E-state index in [9.17, 15) is 9.59 Å². The third kappa shape index (κ3) is 4.99. The Kier molecular flexibility index (Phi) is 5.36. The van der Waals surface area contributed by atoms with E-state index in [4.69, 9.17) is 5.11 Å². The minimum atomic E-state index is -0.916. The second-order valence-corrected chi connectivity index (χ2v) is 4.77. The van der Waals surface area contributed by atoms with Crippen molar-refractivity contribution in [1.29, 1.82) is 0 Å². The van der Waals surface area contributed by atoms with Gasteiger partial charge in [-0.15, -0.1) is 0 Å². The number of rotatable bonds is 5. The molecule has 0 heterocycles. The smallest absolute Gasteiger partial charge is 0.321 e. The summed E-state index contributed by atoms with van der Waals surface area (Å²) in [5.74, 6) is -0.469. The van der Waals surface area contributed by atoms with Crippen molar-refractivity contribution in [3.63, 3.8) is 0 Å². The van der Waals surface area contributed by atoms with Crippen molar-refractivity contribution < 1.29 is 14.7 Å². The lowest BCUT2D eigenvalue weighted by Crippen LogP contribution is -2.33. The molecule has 2 N–H and O–H groups in total. The van der Waals surface area contributed by atoms with Gasteiger partial charge in [0.05, 0.1) is 6.42 Å². The fourth-order valence-electron chi connectivity index (χ4n) is 1.54. The highest BCUT2D eigenvalue weighted by Gasteiger charge is 2.10. The van der Waals surface area contributed by atoms with Crippen molar-refractivity contribution in [2.45, 2.75) is 26.2 Å². The maximum atomic E-state index is 11.8. The summed E-state index contributed by atoms with van der Waals surface area (Å²) in [6, 6.07) is 7.32. The topological polar surface area (TPSA) is 69.6 Å². The molecule has 1 aromatic carbocycles. The maximum absolute atomic E-state index is 11.8. The Morgan fingerprint density at radius 1 is 1.26 bits per heavy atom. The first-order valence-electron chi connectivity index (χ1n) is 6.24. The first-order chi connectivity index (χ1) is 8.90. The average Bonchev–Trinajstić information content (AvgIpc) is 2.36. The van der Waals surface area contributed by atoms with Crippen LogP contribution >= 0.6 is 0 Å². The van der Waals surface area contributed by atoms with Crippen LogP contribution in [0.5, 0.6) is 0 Å². The molecule has 19 heavy (non-hydrogen) atoms. The van der Waals surface area contributed by atoms with E-state index in [2.05, 4.69) is 19.2 Å². The van der Waals surface area contributed by atoms with Crippen LogP contribution in [0.2, 0.25) is 0 Å². The van der Waals surface area contributed by atoms with Gasteiger partial charge in [-0.1, -0.05) is 26.0 Å². The average molecular weight is 264 g/mol. The number of urea groups is 1. The van der Waals surface area contributed by atoms with Crippen LogP contribution in [0.1, 0.15) is 31.7 Å². The predicted molar refractivity (Wildman–Crippen MR) is 74.4 cm³/mol. The zero-order valence-corrected chi connectivity index (χ0v) is 11.5. The zero-order chi connectivity index (χ0) is 14.4. The molecule has 2 amide bonds. The summed E-state index contributed by atoms with van der Waals surface area (Å²) in [6.07, 6.45) is -0.0593. The first kappa shape index (κ1) is 15.0. The quantitative estimate of drug-likeness (QED) is 0.859. The Labute approximate surface area is 113 Å². The summed E-state index contributed by atoms with van der Waals surface area (Å²) < 4.78 is 0. The van der Waals surface area contributed by atoms with E-state index in [0.29, 0.717) is 11.6 Å². The van der Waals surface area contributed by atoms with Crippen molar-refractivity contribution in [3.05, 3.63) is 29.8 Å². The number of carbonyl (C=O) groups is 2. The number of benzene rings is 1. The van der Waals surface area contributed by atoms with Gasteiger partial charge in [0.15, 0.2) is 0 Å². The normalized spacial score (nSPS) is 10.3. The molecule has 0 bridgehead atoms. The molecule has 0 aliphatic heterocycles. The van der Waals surface area contributed by atoms with E-state index in [1.165, 1.54) is 10.5 Å². The number of aliphatic carboxylic acids is 1. The minimum Gasteiger partial charge on any atom is -0.481 e. The van der Waals surface area contributed by atoms with Crippen molar-refractivity contribution in [2.24, 2.45) is 0 Å². The fraction of sp³-hybridized carbons (Fsp3) is 0.429. The number of amides is 2. The van der Waals surface area contributed by atoms with Gasteiger partial charge < -0.3 is 15.3 Å². The minimum absolute atomic E-state index is 0.0593. The van der Waals surface area contributed by atoms with Crippen LogP contribution in [0.3, 0.4) is 0 Å². The summed E-state index contributed by atoms with van der Waals surface area (Å²) in [4.78, 5) is 23.5. The lowest BCUT2D eigenvalue weighted by atomic mass is 10.0. The van der Waals surface area contributed by atoms with E-state index in [1.54, 1.807) is 7.05 Å². The van der Waals surface area contributed by atoms with E-state index in [0.717, 1.165) is 0 Å². The van der Waals surface area contributed by atoms with Crippen LogP contribution in [0.15, 0.2) is 24.3 Å². The third-order valence-corrected chi connectivity index (χ3v) is 2.84. The molecule has 0 unspecified atom stereocenters. The number of carboxylic acids is 1. The third-order valence-electron chi connectivity index (χ3n) is 2.84. The van der Waals surface area contributed by atoms with E-state index in [1.807, 2.05) is 24.3 Å². The Bertz CT molecular complexity index is 441. The number of nitrogens with zero attached hydrogens (tertiary/aromatic N) is 1. The molecule has 0 aliphatic rings. The number of hydrogen-bond donors (Lipinski definition) is 2. The summed E-state index contributed by atoms with van der Waals surface area (Å²) in [5.41, 5.74) is 1.91. The van der Waals surface area contributed by atoms with E-state index in [-0.39, 0.29) is 19.0 Å². The summed E-state index contributed by atoms with van der Waals surface area (Å²) >= 11 is 0. The van der Waals surface area contributed by atoms with E-state index >= 15 is 0 Å². The van der Waals surface area contributed by atoms with Crippen LogP contribution in [-0.2, 0) is 4.79 Å². The van der Waals surface area contributed by atoms with Gasteiger partial charge in [0, 0.05) is 19.3 Å². The maximum Gasteiger partial charge on any atom is 0.321 e. The molecular formula is C14H20N2O3. The van der Waals surface area contributed by atoms with Gasteiger partial charge in [0.2, 0.25) is 0 Å². The van der Waals surface area contributed by atoms with Gasteiger partial charge in [-0.25, -0.2) is 4.79 Å². The number of carbonyl (C=O) groups excluding carboxylic acids is 1. The number of anilines is 1. The Hall–Kier alpha value is -2.04. The largest absolute Gasteiger partial charge is 0.481 e. The summed E-state index contributed by atoms with van der Waals surface area (Å²) in [6.45, 7) is 4.39. The number of carboxylic acid groups (broad SMARTS) is 1. The molecule has 0 aliphatic carbocycles. The Morgan fingerprint density at radius 3 is 2.32 bits per heavy atom. The number of nitrogens with one attached hydrogen (secondary N) is 1. The van der Waals surface area contributed by atoms with Crippen molar-refractivity contribution in [2.75, 3.05) is 18.9 Å². The van der Waals surface area contributed by atoms with Crippen molar-refractivity contribution >= 4 is 17.7 Å². The fourth-order valence-corrected chi connectivity index (χ4v) is 1.54. The van der Waals surface area contributed by atoms with Crippen LogP contribution in [0.4, 0.5) is 10.5 Å². The van der Waals surface area contributed by atoms with Gasteiger partial charge in [0.25, 0.3) is 0 Å². The zero-order valence-electron chi connectivity index (χ0n) is 11.5. The predicted octanol–water partition coefficient (Wildman–Crippen LogP) is 2.75. The lowest BCUT2D eigenvalue weighted by Gasteiger charge is -2.17. The monoisotopic (exact) mass is 264 g/mol. The lowest BCUT2D eigenvalue weighted by molar-refractivity contribution is -0.137. The van der Waals surface area contributed by atoms with Crippen molar-refractivity contribution in [1.82, 2.24) is 4.90 Å². The first-order valence-corrected chi connectivity index (χ1v) is 6.24. The Balaban J connectivity index is 2.54. The van der Waals surface area contributed by atoms with Crippen LogP contribution in [-0.4, -0.2) is 35.6 Å². The molecular weight excluding hydrogens is 244 g/mol. The molecule has 0 saturated heterocycles. The molecule has 1 rings (SSSR count). The SMILES string of the molecule is CC(C)c1ccc(NC(=O)N(C)CCC(=O)O)cc1. The highest BCUT2D eigenvalue weighted by Crippen LogP contribution is 2.17. The van der Waals surface area contributed by atoms with Crippen LogP contribution in [0, 0.1) is 0 Å². The second kappa shape index (κ2) is 6.78. The summed E-state index contributed by atoms with van der Waals surface area (Å²) in [7, 11) is 1.57. The molecule has 5 heteroatoms. The Morgan fingerprint density at radius 2 is 1.84 bits per heavy atom. The molecule has 0 spiro atoms. The number of hydrogen-bond acceptors (Lipinski definition) is 2.